The second-order valence-corrected chi connectivity index (χ2v) is 3.94. The summed E-state index contributed by atoms with van der Waals surface area (Å²) in [5.74, 6) is 0.327. The first-order chi connectivity index (χ1) is 8.04. The molecule has 0 saturated carbocycles. The highest BCUT2D eigenvalue weighted by atomic mass is 35.5. The van der Waals surface area contributed by atoms with Gasteiger partial charge in [-0.05, 0) is 18.2 Å². The summed E-state index contributed by atoms with van der Waals surface area (Å²) >= 11 is 11.7. The highest BCUT2D eigenvalue weighted by Crippen LogP contribution is 2.26. The SMILES string of the molecule is Nc1nc(N)nc(Nc2ccc(Cl)c(Cl)c2)n1. The van der Waals surface area contributed by atoms with E-state index >= 15 is 0 Å². The molecule has 0 unspecified atom stereocenters. The highest BCUT2D eigenvalue weighted by molar-refractivity contribution is 6.42. The van der Waals surface area contributed by atoms with Gasteiger partial charge in [-0.25, -0.2) is 0 Å². The predicted molar refractivity (Wildman–Crippen MR) is 68.4 cm³/mol. The van der Waals surface area contributed by atoms with Crippen molar-refractivity contribution in [3.05, 3.63) is 28.2 Å². The number of nitrogens with zero attached hydrogens (tertiary/aromatic N) is 3. The van der Waals surface area contributed by atoms with Crippen molar-refractivity contribution >= 4 is 46.7 Å². The zero-order valence-corrected chi connectivity index (χ0v) is 10.00. The van der Waals surface area contributed by atoms with Crippen molar-refractivity contribution in [1.82, 2.24) is 15.0 Å². The lowest BCUT2D eigenvalue weighted by atomic mass is 10.3. The smallest absolute Gasteiger partial charge is 0.233 e. The zero-order valence-electron chi connectivity index (χ0n) is 8.48. The van der Waals surface area contributed by atoms with Crippen molar-refractivity contribution < 1.29 is 0 Å². The molecule has 17 heavy (non-hydrogen) atoms. The topological polar surface area (TPSA) is 103 Å². The van der Waals surface area contributed by atoms with Gasteiger partial charge in [0.2, 0.25) is 17.8 Å². The normalized spacial score (nSPS) is 10.2. The van der Waals surface area contributed by atoms with E-state index in [0.717, 1.165) is 0 Å². The number of nitrogens with one attached hydrogen (secondary N) is 1. The maximum Gasteiger partial charge on any atom is 0.233 e. The molecular formula is C9H8Cl2N6. The fourth-order valence-corrected chi connectivity index (χ4v) is 1.47. The summed E-state index contributed by atoms with van der Waals surface area (Å²) in [4.78, 5) is 11.4. The highest BCUT2D eigenvalue weighted by Gasteiger charge is 2.04. The molecule has 0 radical (unpaired) electrons. The van der Waals surface area contributed by atoms with E-state index < -0.39 is 0 Å². The van der Waals surface area contributed by atoms with E-state index in [1.807, 2.05) is 0 Å². The van der Waals surface area contributed by atoms with Crippen LogP contribution in [0.15, 0.2) is 18.2 Å². The lowest BCUT2D eigenvalue weighted by Crippen LogP contribution is -2.06. The Morgan fingerprint density at radius 3 is 2.18 bits per heavy atom. The van der Waals surface area contributed by atoms with Gasteiger partial charge in [0.15, 0.2) is 0 Å². The van der Waals surface area contributed by atoms with Crippen LogP contribution in [0.4, 0.5) is 23.5 Å². The molecule has 0 aliphatic carbocycles. The summed E-state index contributed by atoms with van der Waals surface area (Å²) in [7, 11) is 0. The van der Waals surface area contributed by atoms with Crippen molar-refractivity contribution in [3.8, 4) is 0 Å². The molecular weight excluding hydrogens is 263 g/mol. The van der Waals surface area contributed by atoms with E-state index in [0.29, 0.717) is 15.7 Å². The molecule has 1 aromatic heterocycles. The molecule has 1 aromatic carbocycles. The Kier molecular flexibility index (Phi) is 3.16. The van der Waals surface area contributed by atoms with Gasteiger partial charge in [0, 0.05) is 5.69 Å². The summed E-state index contributed by atoms with van der Waals surface area (Å²) in [5, 5.41) is 3.78. The van der Waals surface area contributed by atoms with Gasteiger partial charge in [-0.15, -0.1) is 0 Å². The fourth-order valence-electron chi connectivity index (χ4n) is 1.17. The van der Waals surface area contributed by atoms with Crippen LogP contribution in [0.5, 0.6) is 0 Å². The Morgan fingerprint density at radius 2 is 1.59 bits per heavy atom. The molecule has 0 fully saturated rings. The van der Waals surface area contributed by atoms with Crippen LogP contribution in [0.1, 0.15) is 0 Å². The minimum Gasteiger partial charge on any atom is -0.368 e. The molecule has 0 aliphatic rings. The van der Waals surface area contributed by atoms with Gasteiger partial charge in [-0.3, -0.25) is 0 Å². The van der Waals surface area contributed by atoms with Gasteiger partial charge < -0.3 is 16.8 Å². The molecule has 0 amide bonds. The second-order valence-electron chi connectivity index (χ2n) is 3.13. The van der Waals surface area contributed by atoms with Crippen molar-refractivity contribution in [3.63, 3.8) is 0 Å². The Balaban J connectivity index is 2.28. The van der Waals surface area contributed by atoms with Crippen LogP contribution in [0.3, 0.4) is 0 Å². The third-order valence-corrected chi connectivity index (χ3v) is 2.58. The van der Waals surface area contributed by atoms with Gasteiger partial charge >= 0.3 is 0 Å². The van der Waals surface area contributed by atoms with Crippen LogP contribution in [0.2, 0.25) is 10.0 Å². The molecule has 88 valence electrons. The van der Waals surface area contributed by atoms with Crippen LogP contribution in [-0.2, 0) is 0 Å². The van der Waals surface area contributed by atoms with Gasteiger partial charge in [-0.1, -0.05) is 23.2 Å². The molecule has 0 saturated heterocycles. The molecule has 0 atom stereocenters. The summed E-state index contributed by atoms with van der Waals surface area (Å²) in [6, 6.07) is 5.02. The quantitative estimate of drug-likeness (QED) is 0.772. The Labute approximate surface area is 107 Å². The fraction of sp³-hybridized carbons (Fsp3) is 0. The standard InChI is InChI=1S/C9H8Cl2N6/c10-5-2-1-4(3-6(5)11)14-9-16-7(12)15-8(13)17-9/h1-3H,(H5,12,13,14,15,16,17). The molecule has 0 bridgehead atoms. The van der Waals surface area contributed by atoms with Crippen LogP contribution in [0, 0.1) is 0 Å². The minimum atomic E-state index is 0.0417. The monoisotopic (exact) mass is 270 g/mol. The van der Waals surface area contributed by atoms with Gasteiger partial charge in [0.05, 0.1) is 10.0 Å². The summed E-state index contributed by atoms with van der Waals surface area (Å²) < 4.78 is 0. The number of aromatic nitrogens is 3. The van der Waals surface area contributed by atoms with E-state index in [9.17, 15) is 0 Å². The molecule has 2 aromatic rings. The maximum absolute atomic E-state index is 5.87. The number of hydrogen-bond acceptors (Lipinski definition) is 6. The molecule has 2 rings (SSSR count). The number of nitrogen functional groups attached to an aromatic ring is 2. The number of halogens is 2. The minimum absolute atomic E-state index is 0.0417. The first-order valence-electron chi connectivity index (χ1n) is 4.53. The van der Waals surface area contributed by atoms with Gasteiger partial charge in [0.25, 0.3) is 0 Å². The molecule has 8 heteroatoms. The van der Waals surface area contributed by atoms with Crippen molar-refractivity contribution in [1.29, 1.82) is 0 Å². The molecule has 1 heterocycles. The number of hydrogen-bond donors (Lipinski definition) is 3. The summed E-state index contributed by atoms with van der Waals surface area (Å²) in [6.07, 6.45) is 0. The van der Waals surface area contributed by atoms with Crippen molar-refractivity contribution in [2.75, 3.05) is 16.8 Å². The molecule has 0 spiro atoms. The average Bonchev–Trinajstić information content (AvgIpc) is 2.22. The zero-order chi connectivity index (χ0) is 12.4. The van der Waals surface area contributed by atoms with Gasteiger partial charge in [0.1, 0.15) is 0 Å². The Hall–Kier alpha value is -1.79. The third kappa shape index (κ3) is 2.86. The third-order valence-electron chi connectivity index (χ3n) is 1.85. The number of benzene rings is 1. The van der Waals surface area contributed by atoms with Crippen molar-refractivity contribution in [2.24, 2.45) is 0 Å². The predicted octanol–water partition coefficient (Wildman–Crippen LogP) is 2.09. The first-order valence-corrected chi connectivity index (χ1v) is 5.29. The molecule has 6 nitrogen and oxygen atoms in total. The maximum atomic E-state index is 5.87. The largest absolute Gasteiger partial charge is 0.368 e. The Morgan fingerprint density at radius 1 is 0.941 bits per heavy atom. The van der Waals surface area contributed by atoms with E-state index in [-0.39, 0.29) is 17.8 Å². The number of nitrogens with two attached hydrogens (primary N) is 2. The van der Waals surface area contributed by atoms with E-state index in [4.69, 9.17) is 34.7 Å². The van der Waals surface area contributed by atoms with E-state index in [1.165, 1.54) is 0 Å². The van der Waals surface area contributed by atoms with Gasteiger partial charge in [-0.2, -0.15) is 15.0 Å². The van der Waals surface area contributed by atoms with Crippen LogP contribution < -0.4 is 16.8 Å². The average molecular weight is 271 g/mol. The first kappa shape index (κ1) is 11.7. The summed E-state index contributed by atoms with van der Waals surface area (Å²) in [5.41, 5.74) is 11.5. The molecule has 0 aliphatic heterocycles. The number of anilines is 4. The van der Waals surface area contributed by atoms with Crippen LogP contribution >= 0.6 is 23.2 Å². The molecule has 5 N–H and O–H groups in total. The number of rotatable bonds is 2. The van der Waals surface area contributed by atoms with Crippen molar-refractivity contribution in [2.45, 2.75) is 0 Å². The van der Waals surface area contributed by atoms with Crippen LogP contribution in [0.25, 0.3) is 0 Å². The second kappa shape index (κ2) is 4.60. The van der Waals surface area contributed by atoms with Crippen LogP contribution in [-0.4, -0.2) is 15.0 Å². The van der Waals surface area contributed by atoms with E-state index in [2.05, 4.69) is 20.3 Å². The Bertz CT molecular complexity index is 539. The lowest BCUT2D eigenvalue weighted by Gasteiger charge is -2.06. The summed E-state index contributed by atoms with van der Waals surface area (Å²) in [6.45, 7) is 0. The lowest BCUT2D eigenvalue weighted by molar-refractivity contribution is 1.08. The van der Waals surface area contributed by atoms with E-state index in [1.54, 1.807) is 18.2 Å².